The van der Waals surface area contributed by atoms with Crippen molar-refractivity contribution in [3.05, 3.63) is 18.2 Å². The fraction of sp³-hybridized carbons (Fsp3) is 0.731. The van der Waals surface area contributed by atoms with E-state index in [0.29, 0.717) is 24.9 Å². The first kappa shape index (κ1) is 32.1. The van der Waals surface area contributed by atoms with E-state index in [1.807, 2.05) is 4.57 Å². The third-order valence-corrected chi connectivity index (χ3v) is 9.21. The minimum Gasteiger partial charge on any atom is -0.319 e. The summed E-state index contributed by atoms with van der Waals surface area (Å²) >= 11 is 1.60. The SMILES string of the molecule is CCCCCCCCCCCCCCCSc1nc2cc(S(=O)(=O)O)ccc2n1CCCCS(=O)(=O)O. The van der Waals surface area contributed by atoms with E-state index in [0.717, 1.165) is 29.3 Å². The monoisotopic (exact) mass is 576 g/mol. The van der Waals surface area contributed by atoms with Gasteiger partial charge >= 0.3 is 0 Å². The first-order chi connectivity index (χ1) is 17.6. The van der Waals surface area contributed by atoms with Crippen LogP contribution in [0.3, 0.4) is 0 Å². The lowest BCUT2D eigenvalue weighted by molar-refractivity contribution is 0.477. The molecular weight excluding hydrogens is 532 g/mol. The lowest BCUT2D eigenvalue weighted by Gasteiger charge is -2.09. The lowest BCUT2D eigenvalue weighted by atomic mass is 10.1. The van der Waals surface area contributed by atoms with Crippen molar-refractivity contribution in [2.24, 2.45) is 0 Å². The second-order valence-electron chi connectivity index (χ2n) is 9.76. The molecule has 1 aromatic heterocycles. The summed E-state index contributed by atoms with van der Waals surface area (Å²) in [6, 6.07) is 4.31. The van der Waals surface area contributed by atoms with Crippen LogP contribution in [0.5, 0.6) is 0 Å². The second-order valence-corrected chi connectivity index (χ2v) is 13.8. The second kappa shape index (κ2) is 16.7. The number of aromatic nitrogens is 2. The van der Waals surface area contributed by atoms with Crippen LogP contribution in [0.1, 0.15) is 103 Å². The summed E-state index contributed by atoms with van der Waals surface area (Å²) in [6.45, 7) is 2.75. The van der Waals surface area contributed by atoms with Gasteiger partial charge in [0.15, 0.2) is 5.16 Å². The van der Waals surface area contributed by atoms with Gasteiger partial charge in [-0.25, -0.2) is 4.98 Å². The van der Waals surface area contributed by atoms with Gasteiger partial charge in [0.2, 0.25) is 0 Å². The van der Waals surface area contributed by atoms with E-state index in [9.17, 15) is 21.4 Å². The van der Waals surface area contributed by atoms with Gasteiger partial charge in [0, 0.05) is 12.3 Å². The zero-order valence-corrected chi connectivity index (χ0v) is 24.6. The van der Waals surface area contributed by atoms with Gasteiger partial charge < -0.3 is 4.57 Å². The standard InChI is InChI=1S/C26H44N2O6S3/c1-2-3-4-5-6-7-8-9-10-11-12-13-15-20-35-26-27-24-22-23(37(32,33)34)17-18-25(24)28(26)19-14-16-21-36(29,30)31/h17-18,22H,2-16,19-21H2,1H3,(H,29,30,31)(H,32,33,34). The molecular formula is C26H44N2O6S3. The fourth-order valence-electron chi connectivity index (χ4n) is 4.41. The van der Waals surface area contributed by atoms with E-state index >= 15 is 0 Å². The van der Waals surface area contributed by atoms with Gasteiger partial charge in [-0.1, -0.05) is 95.7 Å². The molecule has 2 rings (SSSR count). The predicted octanol–water partition coefficient (Wildman–Crippen LogP) is 7.13. The Balaban J connectivity index is 1.78. The number of aryl methyl sites for hydroxylation is 1. The maximum Gasteiger partial charge on any atom is 0.294 e. The highest BCUT2D eigenvalue weighted by Crippen LogP contribution is 2.27. The van der Waals surface area contributed by atoms with Gasteiger partial charge in [-0.3, -0.25) is 9.11 Å². The molecule has 1 heterocycles. The number of thioether (sulfide) groups is 1. The highest BCUT2D eigenvalue weighted by atomic mass is 32.2. The molecule has 2 aromatic rings. The van der Waals surface area contributed by atoms with Crippen LogP contribution in [-0.4, -0.2) is 47.0 Å². The molecule has 0 atom stereocenters. The van der Waals surface area contributed by atoms with Crippen LogP contribution in [0.4, 0.5) is 0 Å². The normalized spacial score (nSPS) is 12.5. The molecule has 0 bridgehead atoms. The van der Waals surface area contributed by atoms with E-state index in [4.69, 9.17) is 4.55 Å². The highest BCUT2D eigenvalue weighted by molar-refractivity contribution is 7.99. The van der Waals surface area contributed by atoms with Crippen molar-refractivity contribution >= 4 is 43.0 Å². The van der Waals surface area contributed by atoms with E-state index in [2.05, 4.69) is 11.9 Å². The van der Waals surface area contributed by atoms with Crippen LogP contribution in [-0.2, 0) is 26.8 Å². The largest absolute Gasteiger partial charge is 0.319 e. The number of rotatable bonds is 21. The van der Waals surface area contributed by atoms with E-state index < -0.39 is 20.2 Å². The van der Waals surface area contributed by atoms with Crippen molar-refractivity contribution in [3.8, 4) is 0 Å². The molecule has 0 aliphatic carbocycles. The maximum absolute atomic E-state index is 11.5. The summed E-state index contributed by atoms with van der Waals surface area (Å²) in [7, 11) is -8.33. The summed E-state index contributed by atoms with van der Waals surface area (Å²) in [6.07, 6.45) is 17.7. The topological polar surface area (TPSA) is 127 Å². The van der Waals surface area contributed by atoms with Crippen molar-refractivity contribution in [2.75, 3.05) is 11.5 Å². The van der Waals surface area contributed by atoms with Crippen LogP contribution in [0.25, 0.3) is 11.0 Å². The zero-order chi connectivity index (χ0) is 27.2. The molecule has 2 N–H and O–H groups in total. The van der Waals surface area contributed by atoms with Gasteiger partial charge in [-0.2, -0.15) is 16.8 Å². The Morgan fingerprint density at radius 1 is 0.784 bits per heavy atom. The van der Waals surface area contributed by atoms with E-state index in [1.54, 1.807) is 17.8 Å². The average molecular weight is 577 g/mol. The van der Waals surface area contributed by atoms with Gasteiger partial charge in [-0.05, 0) is 37.5 Å². The van der Waals surface area contributed by atoms with Crippen molar-refractivity contribution < 1.29 is 25.9 Å². The summed E-state index contributed by atoms with van der Waals surface area (Å²) in [5.74, 6) is 0.589. The first-order valence-electron chi connectivity index (χ1n) is 13.7. The fourth-order valence-corrected chi connectivity index (χ4v) is 6.52. The van der Waals surface area contributed by atoms with Gasteiger partial charge in [-0.15, -0.1) is 0 Å². The third kappa shape index (κ3) is 13.0. The number of hydrogen-bond acceptors (Lipinski definition) is 6. The Bertz CT molecular complexity index is 1150. The van der Waals surface area contributed by atoms with Crippen molar-refractivity contribution in [3.63, 3.8) is 0 Å². The Kier molecular flexibility index (Phi) is 14.5. The highest BCUT2D eigenvalue weighted by Gasteiger charge is 2.16. The molecule has 0 amide bonds. The number of fused-ring (bicyclic) bond motifs is 1. The van der Waals surface area contributed by atoms with Crippen molar-refractivity contribution in [2.45, 2.75) is 120 Å². The van der Waals surface area contributed by atoms with Crippen LogP contribution in [0.15, 0.2) is 28.3 Å². The number of hydrogen-bond donors (Lipinski definition) is 2. The quantitative estimate of drug-likeness (QED) is 0.0912. The smallest absolute Gasteiger partial charge is 0.294 e. The average Bonchev–Trinajstić information content (AvgIpc) is 3.17. The Labute approximate surface area is 227 Å². The molecule has 1 aromatic carbocycles. The molecule has 212 valence electrons. The minimum atomic E-state index is -4.33. The minimum absolute atomic E-state index is 0.205. The Hall–Kier alpha value is -1.14. The number of imidazole rings is 1. The Morgan fingerprint density at radius 2 is 1.35 bits per heavy atom. The van der Waals surface area contributed by atoms with Gasteiger partial charge in [0.25, 0.3) is 20.2 Å². The number of nitrogens with zero attached hydrogens (tertiary/aromatic N) is 2. The molecule has 0 radical (unpaired) electrons. The molecule has 0 unspecified atom stereocenters. The third-order valence-electron chi connectivity index (χ3n) is 6.50. The maximum atomic E-state index is 11.5. The number of unbranched alkanes of at least 4 members (excludes halogenated alkanes) is 13. The molecule has 0 fully saturated rings. The van der Waals surface area contributed by atoms with Crippen molar-refractivity contribution in [1.29, 1.82) is 0 Å². The van der Waals surface area contributed by atoms with E-state index in [1.165, 1.54) is 82.8 Å². The van der Waals surface area contributed by atoms with Crippen LogP contribution in [0, 0.1) is 0 Å². The van der Waals surface area contributed by atoms with Gasteiger partial charge in [0.05, 0.1) is 21.7 Å². The lowest BCUT2D eigenvalue weighted by Crippen LogP contribution is -2.06. The number of benzene rings is 1. The zero-order valence-electron chi connectivity index (χ0n) is 22.1. The van der Waals surface area contributed by atoms with Crippen molar-refractivity contribution in [1.82, 2.24) is 9.55 Å². The Morgan fingerprint density at radius 3 is 1.89 bits per heavy atom. The first-order valence-corrected chi connectivity index (χ1v) is 17.7. The summed E-state index contributed by atoms with van der Waals surface area (Å²) in [4.78, 5) is 4.39. The van der Waals surface area contributed by atoms with Crippen LogP contribution >= 0.6 is 11.8 Å². The van der Waals surface area contributed by atoms with Crippen LogP contribution in [0.2, 0.25) is 0 Å². The van der Waals surface area contributed by atoms with Gasteiger partial charge in [0.1, 0.15) is 0 Å². The molecule has 11 heteroatoms. The summed E-state index contributed by atoms with van der Waals surface area (Å²) in [5, 5.41) is 0.744. The molecule has 0 aliphatic rings. The molecule has 37 heavy (non-hydrogen) atoms. The molecule has 0 saturated heterocycles. The molecule has 0 spiro atoms. The molecule has 0 saturated carbocycles. The summed E-state index contributed by atoms with van der Waals surface area (Å²) in [5.41, 5.74) is 1.20. The summed E-state index contributed by atoms with van der Waals surface area (Å²) < 4.78 is 65.4. The molecule has 0 aliphatic heterocycles. The molecule has 8 nitrogen and oxygen atoms in total. The van der Waals surface area contributed by atoms with Crippen LogP contribution < -0.4 is 0 Å². The van der Waals surface area contributed by atoms with E-state index in [-0.39, 0.29) is 10.6 Å². The predicted molar refractivity (Wildman–Crippen MR) is 152 cm³/mol.